The van der Waals surface area contributed by atoms with Gasteiger partial charge in [0.05, 0.1) is 15.6 Å². The second-order valence-electron chi connectivity index (χ2n) is 6.99. The van der Waals surface area contributed by atoms with Crippen molar-refractivity contribution in [2.24, 2.45) is 0 Å². The quantitative estimate of drug-likeness (QED) is 0.267. The maximum atomic E-state index is 2.37. The van der Waals surface area contributed by atoms with Crippen molar-refractivity contribution < 1.29 is 0 Å². The third kappa shape index (κ3) is 3.45. The van der Waals surface area contributed by atoms with Gasteiger partial charge in [0.25, 0.3) is 0 Å². The number of benzene rings is 4. The van der Waals surface area contributed by atoms with Gasteiger partial charge in [-0.25, -0.2) is 0 Å². The molecule has 1 aliphatic rings. The Morgan fingerprint density at radius 2 is 1.10 bits per heavy atom. The summed E-state index contributed by atoms with van der Waals surface area (Å²) in [6.07, 6.45) is 2.17. The monoisotopic (exact) mass is 423 g/mol. The first-order chi connectivity index (χ1) is 14.9. The van der Waals surface area contributed by atoms with E-state index in [1.807, 2.05) is 23.5 Å². The van der Waals surface area contributed by atoms with Gasteiger partial charge in [0.15, 0.2) is 0 Å². The van der Waals surface area contributed by atoms with Crippen LogP contribution in [0.15, 0.2) is 118 Å². The average molecular weight is 424 g/mol. The van der Waals surface area contributed by atoms with E-state index in [2.05, 4.69) is 120 Å². The van der Waals surface area contributed by atoms with Crippen molar-refractivity contribution in [2.75, 3.05) is 11.2 Å². The van der Waals surface area contributed by atoms with E-state index in [0.717, 1.165) is 0 Å². The summed E-state index contributed by atoms with van der Waals surface area (Å²) >= 11 is 3.66. The van der Waals surface area contributed by atoms with Crippen LogP contribution in [0.2, 0.25) is 0 Å². The summed E-state index contributed by atoms with van der Waals surface area (Å²) in [5, 5.41) is 0. The minimum Gasteiger partial charge on any atom is -0.309 e. The molecule has 0 saturated heterocycles. The van der Waals surface area contributed by atoms with Crippen molar-refractivity contribution in [1.29, 1.82) is 0 Å². The molecule has 4 aromatic rings. The molecular weight excluding hydrogens is 402 g/mol. The molecule has 0 aromatic heterocycles. The summed E-state index contributed by atoms with van der Waals surface area (Å²) in [6.45, 7) is 0. The summed E-state index contributed by atoms with van der Waals surface area (Å²) in [5.74, 6) is 0. The predicted octanol–water partition coefficient (Wildman–Crippen LogP) is 8.34. The first-order valence-electron chi connectivity index (χ1n) is 9.92. The number of rotatable bonds is 4. The van der Waals surface area contributed by atoms with Crippen LogP contribution in [0.1, 0.15) is 11.1 Å². The SMILES string of the molecule is CSC(Sc1ccccc1)=C1c2ccccc2N(c2ccccc2)c2ccccc21. The molecular formula is C27H21NS2. The van der Waals surface area contributed by atoms with Crippen LogP contribution in [0.4, 0.5) is 17.1 Å². The lowest BCUT2D eigenvalue weighted by Gasteiger charge is -2.35. The molecule has 0 fully saturated rings. The third-order valence-electron chi connectivity index (χ3n) is 5.19. The van der Waals surface area contributed by atoms with Crippen LogP contribution in [0.5, 0.6) is 0 Å². The molecule has 0 N–H and O–H groups in total. The van der Waals surface area contributed by atoms with E-state index in [-0.39, 0.29) is 0 Å². The Morgan fingerprint density at radius 3 is 1.67 bits per heavy atom. The van der Waals surface area contributed by atoms with Gasteiger partial charge in [-0.3, -0.25) is 0 Å². The Morgan fingerprint density at radius 1 is 0.600 bits per heavy atom. The Kier molecular flexibility index (Phi) is 5.39. The van der Waals surface area contributed by atoms with Crippen molar-refractivity contribution in [1.82, 2.24) is 0 Å². The lowest BCUT2D eigenvalue weighted by atomic mass is 9.91. The van der Waals surface area contributed by atoms with Crippen molar-refractivity contribution in [3.05, 3.63) is 125 Å². The lowest BCUT2D eigenvalue weighted by Crippen LogP contribution is -2.18. The summed E-state index contributed by atoms with van der Waals surface area (Å²) in [4.78, 5) is 3.63. The summed E-state index contributed by atoms with van der Waals surface area (Å²) in [5.41, 5.74) is 7.48. The van der Waals surface area contributed by atoms with Gasteiger partial charge in [-0.1, -0.05) is 84.6 Å². The van der Waals surface area contributed by atoms with Gasteiger partial charge in [-0.2, -0.15) is 0 Å². The van der Waals surface area contributed by atoms with Crippen LogP contribution in [0, 0.1) is 0 Å². The van der Waals surface area contributed by atoms with Crippen LogP contribution >= 0.6 is 23.5 Å². The molecule has 0 spiro atoms. The second kappa shape index (κ2) is 8.47. The van der Waals surface area contributed by atoms with E-state index in [4.69, 9.17) is 0 Å². The Hall–Kier alpha value is -2.88. The fraction of sp³-hybridized carbons (Fsp3) is 0.0370. The van der Waals surface area contributed by atoms with Crippen molar-refractivity contribution in [2.45, 2.75) is 4.90 Å². The molecule has 4 aromatic carbocycles. The van der Waals surface area contributed by atoms with Gasteiger partial charge in [-0.15, -0.1) is 11.8 Å². The zero-order valence-corrected chi connectivity index (χ0v) is 18.3. The highest BCUT2D eigenvalue weighted by Gasteiger charge is 2.29. The first-order valence-corrected chi connectivity index (χ1v) is 12.0. The molecule has 0 saturated carbocycles. The number of anilines is 3. The molecule has 0 amide bonds. The summed E-state index contributed by atoms with van der Waals surface area (Å²) in [7, 11) is 0. The van der Waals surface area contributed by atoms with Gasteiger partial charge in [0, 0.05) is 27.3 Å². The zero-order valence-electron chi connectivity index (χ0n) is 16.7. The van der Waals surface area contributed by atoms with Gasteiger partial charge in [-0.05, 0) is 42.7 Å². The number of para-hydroxylation sites is 3. The molecule has 0 unspecified atom stereocenters. The smallest absolute Gasteiger partial charge is 0.0541 e. The molecule has 146 valence electrons. The Balaban J connectivity index is 1.76. The molecule has 1 nitrogen and oxygen atoms in total. The van der Waals surface area contributed by atoms with Crippen molar-refractivity contribution >= 4 is 46.2 Å². The molecule has 0 radical (unpaired) electrons. The number of nitrogens with zero attached hydrogens (tertiary/aromatic N) is 1. The normalized spacial score (nSPS) is 12.3. The zero-order chi connectivity index (χ0) is 20.3. The minimum absolute atomic E-state index is 1.18. The highest BCUT2D eigenvalue weighted by Crippen LogP contribution is 2.52. The van der Waals surface area contributed by atoms with Gasteiger partial charge < -0.3 is 4.90 Å². The summed E-state index contributed by atoms with van der Waals surface area (Å²) in [6, 6.07) is 38.7. The highest BCUT2D eigenvalue weighted by atomic mass is 32.2. The lowest BCUT2D eigenvalue weighted by molar-refractivity contribution is 1.24. The number of hydrogen-bond donors (Lipinski definition) is 0. The fourth-order valence-electron chi connectivity index (χ4n) is 3.90. The highest BCUT2D eigenvalue weighted by molar-refractivity contribution is 8.22. The Bertz CT molecular complexity index is 1150. The van der Waals surface area contributed by atoms with Gasteiger partial charge in [0.1, 0.15) is 0 Å². The fourth-order valence-corrected chi connectivity index (χ4v) is 5.78. The minimum atomic E-state index is 1.18. The van der Waals surface area contributed by atoms with Crippen molar-refractivity contribution in [3.63, 3.8) is 0 Å². The average Bonchev–Trinajstić information content (AvgIpc) is 2.82. The molecule has 1 aliphatic heterocycles. The predicted molar refractivity (Wildman–Crippen MR) is 133 cm³/mol. The number of fused-ring (bicyclic) bond motifs is 2. The first kappa shape index (κ1) is 19.1. The Labute approximate surface area is 186 Å². The molecule has 1 heterocycles. The molecule has 3 heteroatoms. The third-order valence-corrected chi connectivity index (χ3v) is 7.41. The van der Waals surface area contributed by atoms with E-state index in [9.17, 15) is 0 Å². The van der Waals surface area contributed by atoms with Crippen LogP contribution in [-0.2, 0) is 0 Å². The van der Waals surface area contributed by atoms with Gasteiger partial charge in [0.2, 0.25) is 0 Å². The van der Waals surface area contributed by atoms with Gasteiger partial charge >= 0.3 is 0 Å². The molecule has 0 bridgehead atoms. The maximum absolute atomic E-state index is 2.37. The summed E-state index contributed by atoms with van der Waals surface area (Å²) < 4.78 is 1.31. The second-order valence-corrected chi connectivity index (χ2v) is 9.15. The standard InChI is InChI=1S/C27H21NS2/c1-29-27(30-21-14-6-3-7-15-21)26-22-16-8-10-18-24(22)28(20-12-4-2-5-13-20)25-19-11-9-17-23(25)26/h2-19H,1H3. The van der Waals surface area contributed by atoms with E-state index < -0.39 is 0 Å². The van der Waals surface area contributed by atoms with Crippen LogP contribution in [0.3, 0.4) is 0 Å². The topological polar surface area (TPSA) is 3.24 Å². The van der Waals surface area contributed by atoms with E-state index in [0.29, 0.717) is 0 Å². The molecule has 5 rings (SSSR count). The number of hydrogen-bond acceptors (Lipinski definition) is 3. The van der Waals surface area contributed by atoms with E-state index in [1.54, 1.807) is 0 Å². The molecule has 0 atom stereocenters. The van der Waals surface area contributed by atoms with Crippen LogP contribution in [0.25, 0.3) is 5.57 Å². The van der Waals surface area contributed by atoms with Crippen LogP contribution < -0.4 is 4.90 Å². The number of thioether (sulfide) groups is 2. The van der Waals surface area contributed by atoms with Crippen molar-refractivity contribution in [3.8, 4) is 0 Å². The molecule has 30 heavy (non-hydrogen) atoms. The van der Waals surface area contributed by atoms with E-state index >= 15 is 0 Å². The van der Waals surface area contributed by atoms with E-state index in [1.165, 1.54) is 42.9 Å². The largest absolute Gasteiger partial charge is 0.309 e. The maximum Gasteiger partial charge on any atom is 0.0541 e. The molecule has 0 aliphatic carbocycles. The van der Waals surface area contributed by atoms with Crippen LogP contribution in [-0.4, -0.2) is 6.26 Å².